The first kappa shape index (κ1) is 21.5. The van der Waals surface area contributed by atoms with E-state index in [9.17, 15) is 4.79 Å². The molecule has 0 aromatic heterocycles. The maximum absolute atomic E-state index is 12.2. The lowest BCUT2D eigenvalue weighted by atomic mass is 9.97. The number of thioether (sulfide) groups is 1. The van der Waals surface area contributed by atoms with Crippen LogP contribution in [-0.4, -0.2) is 50.4 Å². The monoisotopic (exact) mass is 414 g/mol. The molecule has 29 heavy (non-hydrogen) atoms. The Labute approximate surface area is 177 Å². The van der Waals surface area contributed by atoms with Crippen LogP contribution in [0.3, 0.4) is 0 Å². The van der Waals surface area contributed by atoms with E-state index in [4.69, 9.17) is 9.47 Å². The van der Waals surface area contributed by atoms with Crippen molar-refractivity contribution in [2.24, 2.45) is 5.92 Å². The highest BCUT2D eigenvalue weighted by Gasteiger charge is 2.20. The summed E-state index contributed by atoms with van der Waals surface area (Å²) in [4.78, 5) is 16.0. The van der Waals surface area contributed by atoms with Crippen molar-refractivity contribution in [2.75, 3.05) is 39.6 Å². The molecule has 0 saturated carbocycles. The smallest absolute Gasteiger partial charge is 0.257 e. The fraction of sp³-hybridized carbons (Fsp3) is 0.435. The van der Waals surface area contributed by atoms with Crippen LogP contribution in [0.1, 0.15) is 18.4 Å². The number of ether oxygens (including phenoxy) is 2. The van der Waals surface area contributed by atoms with Crippen LogP contribution in [0.15, 0.2) is 53.4 Å². The number of methoxy groups -OCH3 is 1. The summed E-state index contributed by atoms with van der Waals surface area (Å²) in [5, 5.41) is 3.03. The number of rotatable bonds is 9. The number of carbonyl (C=O) groups excluding carboxylic acids is 1. The average Bonchev–Trinajstić information content (AvgIpc) is 2.77. The van der Waals surface area contributed by atoms with E-state index in [2.05, 4.69) is 40.7 Å². The van der Waals surface area contributed by atoms with Crippen LogP contribution in [0.4, 0.5) is 0 Å². The molecule has 0 radical (unpaired) electrons. The number of amides is 1. The number of likely N-dealkylation sites (tertiary alicyclic amines) is 1. The van der Waals surface area contributed by atoms with Crippen molar-refractivity contribution in [3.05, 3.63) is 54.1 Å². The Kier molecular flexibility index (Phi) is 8.25. The molecule has 3 rings (SSSR count). The number of hydrogen-bond donors (Lipinski definition) is 1. The summed E-state index contributed by atoms with van der Waals surface area (Å²) >= 11 is 1.77. The number of hydrogen-bond acceptors (Lipinski definition) is 5. The number of nitrogens with zero attached hydrogens (tertiary/aromatic N) is 1. The summed E-state index contributed by atoms with van der Waals surface area (Å²) in [5.41, 5.74) is 1.35. The first-order valence-electron chi connectivity index (χ1n) is 10.1. The third-order valence-electron chi connectivity index (χ3n) is 5.18. The summed E-state index contributed by atoms with van der Waals surface area (Å²) in [6, 6.07) is 16.2. The van der Waals surface area contributed by atoms with Crippen molar-refractivity contribution in [3.8, 4) is 11.5 Å². The third kappa shape index (κ3) is 6.68. The van der Waals surface area contributed by atoms with Gasteiger partial charge in [0, 0.05) is 24.5 Å². The van der Waals surface area contributed by atoms with Gasteiger partial charge in [0.1, 0.15) is 0 Å². The topological polar surface area (TPSA) is 50.8 Å². The van der Waals surface area contributed by atoms with E-state index in [0.717, 1.165) is 26.1 Å². The number of para-hydroxylation sites is 2. The second kappa shape index (κ2) is 11.1. The molecule has 0 spiro atoms. The molecule has 1 fully saturated rings. The lowest BCUT2D eigenvalue weighted by molar-refractivity contribution is -0.123. The fourth-order valence-electron chi connectivity index (χ4n) is 3.64. The van der Waals surface area contributed by atoms with Crippen LogP contribution >= 0.6 is 11.8 Å². The molecule has 2 aromatic carbocycles. The van der Waals surface area contributed by atoms with Crippen molar-refractivity contribution >= 4 is 17.7 Å². The van der Waals surface area contributed by atoms with E-state index in [1.165, 1.54) is 16.9 Å². The molecule has 1 aliphatic heterocycles. The predicted molar refractivity (Wildman–Crippen MR) is 118 cm³/mol. The Balaban J connectivity index is 1.41. The largest absolute Gasteiger partial charge is 0.493 e. The van der Waals surface area contributed by atoms with Gasteiger partial charge in [-0.1, -0.05) is 24.3 Å². The summed E-state index contributed by atoms with van der Waals surface area (Å²) in [6.07, 6.45) is 4.41. The highest BCUT2D eigenvalue weighted by Crippen LogP contribution is 2.25. The maximum atomic E-state index is 12.2. The minimum Gasteiger partial charge on any atom is -0.493 e. The molecule has 1 heterocycles. The molecule has 0 aliphatic carbocycles. The zero-order chi connectivity index (χ0) is 20.5. The first-order valence-corrected chi connectivity index (χ1v) is 11.3. The molecule has 5 nitrogen and oxygen atoms in total. The highest BCUT2D eigenvalue weighted by molar-refractivity contribution is 7.98. The van der Waals surface area contributed by atoms with Gasteiger partial charge in [-0.3, -0.25) is 9.69 Å². The summed E-state index contributed by atoms with van der Waals surface area (Å²) < 4.78 is 10.8. The first-order chi connectivity index (χ1) is 14.2. The number of nitrogens with one attached hydrogen (secondary N) is 1. The van der Waals surface area contributed by atoms with Crippen molar-refractivity contribution in [3.63, 3.8) is 0 Å². The van der Waals surface area contributed by atoms with Gasteiger partial charge in [-0.05, 0) is 61.4 Å². The van der Waals surface area contributed by atoms with Crippen molar-refractivity contribution in [1.82, 2.24) is 10.2 Å². The zero-order valence-electron chi connectivity index (χ0n) is 17.2. The molecule has 1 amide bonds. The molecular weight excluding hydrogens is 384 g/mol. The van der Waals surface area contributed by atoms with Gasteiger partial charge in [-0.15, -0.1) is 11.8 Å². The van der Waals surface area contributed by atoms with E-state index in [-0.39, 0.29) is 12.5 Å². The second-order valence-electron chi connectivity index (χ2n) is 7.34. The Hall–Kier alpha value is -2.18. The van der Waals surface area contributed by atoms with Crippen LogP contribution in [0.25, 0.3) is 0 Å². The van der Waals surface area contributed by atoms with Gasteiger partial charge in [0.25, 0.3) is 5.91 Å². The SMILES string of the molecule is COc1ccccc1OCC(=O)NC[C@@H]1CCCN(Cc2ccc(SC)cc2)C1. The Morgan fingerprint density at radius 3 is 2.66 bits per heavy atom. The molecular formula is C23H30N2O3S. The van der Waals surface area contributed by atoms with Gasteiger partial charge < -0.3 is 14.8 Å². The van der Waals surface area contributed by atoms with Crippen LogP contribution in [0, 0.1) is 5.92 Å². The lowest BCUT2D eigenvalue weighted by Crippen LogP contribution is -2.41. The highest BCUT2D eigenvalue weighted by atomic mass is 32.2. The van der Waals surface area contributed by atoms with Crippen LogP contribution in [0.2, 0.25) is 0 Å². The number of benzene rings is 2. The van der Waals surface area contributed by atoms with Gasteiger partial charge >= 0.3 is 0 Å². The quantitative estimate of drug-likeness (QED) is 0.632. The minimum atomic E-state index is -0.0966. The van der Waals surface area contributed by atoms with Gasteiger partial charge in [-0.25, -0.2) is 0 Å². The summed E-state index contributed by atoms with van der Waals surface area (Å²) in [6.45, 7) is 3.79. The van der Waals surface area contributed by atoms with Crippen molar-refractivity contribution < 1.29 is 14.3 Å². The van der Waals surface area contributed by atoms with Crippen LogP contribution < -0.4 is 14.8 Å². The zero-order valence-corrected chi connectivity index (χ0v) is 18.0. The van der Waals surface area contributed by atoms with E-state index < -0.39 is 0 Å². The van der Waals surface area contributed by atoms with Gasteiger partial charge in [0.05, 0.1) is 7.11 Å². The number of piperidine rings is 1. The van der Waals surface area contributed by atoms with E-state index >= 15 is 0 Å². The van der Waals surface area contributed by atoms with Gasteiger partial charge in [0.15, 0.2) is 18.1 Å². The molecule has 0 bridgehead atoms. The van der Waals surface area contributed by atoms with Crippen LogP contribution in [0.5, 0.6) is 11.5 Å². The standard InChI is InChI=1S/C23H30N2O3S/c1-27-21-7-3-4-8-22(21)28-17-23(26)24-14-19-6-5-13-25(16-19)15-18-9-11-20(29-2)12-10-18/h3-4,7-12,19H,5-6,13-17H2,1-2H3,(H,24,26)/t19-/m0/s1. The molecule has 2 aromatic rings. The lowest BCUT2D eigenvalue weighted by Gasteiger charge is -2.32. The number of carbonyl (C=O) groups is 1. The van der Waals surface area contributed by atoms with E-state index in [1.807, 2.05) is 18.2 Å². The maximum Gasteiger partial charge on any atom is 0.257 e. The summed E-state index contributed by atoms with van der Waals surface area (Å²) in [7, 11) is 1.59. The van der Waals surface area contributed by atoms with E-state index in [1.54, 1.807) is 24.9 Å². The molecule has 1 aliphatic rings. The molecule has 1 saturated heterocycles. The molecule has 1 atom stereocenters. The predicted octanol–water partition coefficient (Wildman–Crippen LogP) is 3.82. The third-order valence-corrected chi connectivity index (χ3v) is 5.93. The van der Waals surface area contributed by atoms with Crippen molar-refractivity contribution in [2.45, 2.75) is 24.3 Å². The van der Waals surface area contributed by atoms with Crippen LogP contribution in [-0.2, 0) is 11.3 Å². The van der Waals surface area contributed by atoms with Gasteiger partial charge in [-0.2, -0.15) is 0 Å². The Bertz CT molecular complexity index is 782. The molecule has 0 unspecified atom stereocenters. The Morgan fingerprint density at radius 1 is 1.17 bits per heavy atom. The van der Waals surface area contributed by atoms with Crippen molar-refractivity contribution in [1.29, 1.82) is 0 Å². The Morgan fingerprint density at radius 2 is 1.93 bits per heavy atom. The minimum absolute atomic E-state index is 0.00139. The van der Waals surface area contributed by atoms with Gasteiger partial charge in [0.2, 0.25) is 0 Å². The molecule has 1 N–H and O–H groups in total. The van der Waals surface area contributed by atoms with E-state index in [0.29, 0.717) is 24.0 Å². The average molecular weight is 415 g/mol. The normalized spacial score (nSPS) is 17.0. The second-order valence-corrected chi connectivity index (χ2v) is 8.21. The fourth-order valence-corrected chi connectivity index (χ4v) is 4.05. The molecule has 156 valence electrons. The summed E-state index contributed by atoms with van der Waals surface area (Å²) in [5.74, 6) is 1.60. The molecule has 6 heteroatoms.